The molecule has 1 aliphatic rings. The van der Waals surface area contributed by atoms with Gasteiger partial charge in [-0.05, 0) is 23.1 Å². The van der Waals surface area contributed by atoms with E-state index in [9.17, 15) is 33.1 Å². The molecule has 3 atom stereocenters. The van der Waals surface area contributed by atoms with Crippen LogP contribution in [-0.2, 0) is 4.79 Å². The summed E-state index contributed by atoms with van der Waals surface area (Å²) in [7, 11) is 0. The number of allylic oxidation sites excluding steroid dienone is 1. The lowest BCUT2D eigenvalue weighted by atomic mass is 9.70. The van der Waals surface area contributed by atoms with Crippen LogP contribution in [0.4, 0.5) is 13.2 Å². The molecule has 0 unspecified atom stereocenters. The first-order chi connectivity index (χ1) is 15.0. The van der Waals surface area contributed by atoms with Gasteiger partial charge in [-0.25, -0.2) is 0 Å². The van der Waals surface area contributed by atoms with E-state index in [1.54, 1.807) is 0 Å². The number of hydrogen-bond donors (Lipinski definition) is 3. The van der Waals surface area contributed by atoms with Gasteiger partial charge in [-0.15, -0.1) is 11.3 Å². The first kappa shape index (κ1) is 24.1. The van der Waals surface area contributed by atoms with Crippen LogP contribution in [-0.4, -0.2) is 34.5 Å². The highest BCUT2D eigenvalue weighted by Crippen LogP contribution is 2.52. The fraction of sp³-hybridized carbons (Fsp3) is 0.250. The number of nitrogens with two attached hydrogens (primary N) is 1. The number of ketones is 1. The van der Waals surface area contributed by atoms with Crippen molar-refractivity contribution in [3.8, 4) is 6.07 Å². The Labute approximate surface area is 193 Å². The second-order valence-corrected chi connectivity index (χ2v) is 9.16. The largest absolute Gasteiger partial charge is 0.437 e. The summed E-state index contributed by atoms with van der Waals surface area (Å²) < 4.78 is 42.8. The minimum absolute atomic E-state index is 0.0138. The molecule has 168 valence electrons. The number of halogens is 4. The number of Topliss-reactive ketones (excluding diaryl/α,β-unsaturated/α-hetero) is 1. The van der Waals surface area contributed by atoms with E-state index in [-0.39, 0.29) is 21.0 Å². The van der Waals surface area contributed by atoms with Crippen LogP contribution in [0.5, 0.6) is 0 Å². The number of nitriles is 1. The summed E-state index contributed by atoms with van der Waals surface area (Å²) in [6.07, 6.45) is -5.33. The Hall–Kier alpha value is -2.52. The molecule has 1 aliphatic heterocycles. The lowest BCUT2D eigenvalue weighted by Gasteiger charge is -2.45. The molecule has 0 bridgehead atoms. The van der Waals surface area contributed by atoms with Crippen molar-refractivity contribution in [2.45, 2.75) is 17.8 Å². The zero-order valence-electron chi connectivity index (χ0n) is 16.0. The first-order valence-electron chi connectivity index (χ1n) is 8.96. The normalized spacial score (nSPS) is 23.4. The third kappa shape index (κ3) is 4.36. The van der Waals surface area contributed by atoms with E-state index in [1.165, 1.54) is 41.8 Å². The smallest absolute Gasteiger partial charge is 0.369 e. The van der Waals surface area contributed by atoms with Gasteiger partial charge in [-0.2, -0.15) is 18.4 Å². The molecule has 3 rings (SSSR count). The Kier molecular flexibility index (Phi) is 6.90. The molecule has 0 spiro atoms. The molecule has 2 heterocycles. The van der Waals surface area contributed by atoms with Crippen molar-refractivity contribution in [2.75, 3.05) is 5.75 Å². The number of thiophene rings is 1. The average Bonchev–Trinajstić information content (AvgIpc) is 3.26. The van der Waals surface area contributed by atoms with Crippen LogP contribution in [0.2, 0.25) is 5.02 Å². The number of nitrogens with zero attached hydrogens (tertiary/aromatic N) is 1. The predicted molar refractivity (Wildman–Crippen MR) is 115 cm³/mol. The lowest BCUT2D eigenvalue weighted by Crippen LogP contribution is -2.66. The number of rotatable bonds is 6. The third-order valence-electron chi connectivity index (χ3n) is 4.84. The molecule has 0 saturated heterocycles. The summed E-state index contributed by atoms with van der Waals surface area (Å²) in [4.78, 5) is 24.5. The minimum Gasteiger partial charge on any atom is -0.369 e. The predicted octanol–water partition coefficient (Wildman–Crippen LogP) is 3.79. The second-order valence-electron chi connectivity index (χ2n) is 6.82. The number of thioether (sulfide) groups is 1. The van der Waals surface area contributed by atoms with Gasteiger partial charge in [0.05, 0.1) is 33.2 Å². The van der Waals surface area contributed by atoms with Crippen molar-refractivity contribution in [1.82, 2.24) is 5.32 Å². The topological polar surface area (TPSA) is 116 Å². The summed E-state index contributed by atoms with van der Waals surface area (Å²) in [5, 5.41) is 23.8. The third-order valence-corrected chi connectivity index (χ3v) is 7.11. The number of aliphatic hydroxyl groups is 1. The van der Waals surface area contributed by atoms with Crippen molar-refractivity contribution in [3.05, 3.63) is 67.8 Å². The van der Waals surface area contributed by atoms with Crippen LogP contribution < -0.4 is 11.1 Å². The molecule has 2 aromatic rings. The number of nitrogens with one attached hydrogen (secondary N) is 1. The molecule has 1 amide bonds. The van der Waals surface area contributed by atoms with Gasteiger partial charge in [0.2, 0.25) is 11.6 Å². The Balaban J connectivity index is 2.33. The fourth-order valence-electron chi connectivity index (χ4n) is 3.47. The monoisotopic (exact) mass is 501 g/mol. The number of carbonyl (C=O) groups excluding carboxylic acids is 2. The lowest BCUT2D eigenvalue weighted by molar-refractivity contribution is -0.285. The van der Waals surface area contributed by atoms with Crippen LogP contribution in [0, 0.1) is 17.2 Å². The molecule has 1 aromatic heterocycles. The van der Waals surface area contributed by atoms with Crippen LogP contribution in [0.1, 0.15) is 21.2 Å². The fourth-order valence-corrected chi connectivity index (χ4v) is 5.27. The minimum atomic E-state index is -5.33. The summed E-state index contributed by atoms with van der Waals surface area (Å²) in [6.45, 7) is 0. The molecule has 12 heteroatoms. The molecule has 1 aromatic carbocycles. The van der Waals surface area contributed by atoms with E-state index in [2.05, 4.69) is 0 Å². The van der Waals surface area contributed by atoms with E-state index in [1.807, 2.05) is 11.4 Å². The molecule has 0 radical (unpaired) electrons. The van der Waals surface area contributed by atoms with E-state index < -0.39 is 46.2 Å². The number of hydrogen-bond acceptors (Lipinski definition) is 7. The maximum Gasteiger partial charge on any atom is 0.437 e. The van der Waals surface area contributed by atoms with Crippen molar-refractivity contribution in [3.63, 3.8) is 0 Å². The van der Waals surface area contributed by atoms with Crippen LogP contribution in [0.25, 0.3) is 0 Å². The maximum absolute atomic E-state index is 14.3. The Morgan fingerprint density at radius 2 is 2.00 bits per heavy atom. The average molecular weight is 502 g/mol. The van der Waals surface area contributed by atoms with Gasteiger partial charge in [0, 0.05) is 10.9 Å². The highest BCUT2D eigenvalue weighted by atomic mass is 35.5. The molecule has 0 fully saturated rings. The van der Waals surface area contributed by atoms with Crippen molar-refractivity contribution in [1.29, 1.82) is 5.26 Å². The summed E-state index contributed by atoms with van der Waals surface area (Å²) in [5.41, 5.74) is 1.14. The molecule has 0 saturated carbocycles. The van der Waals surface area contributed by atoms with E-state index in [0.717, 1.165) is 11.3 Å². The van der Waals surface area contributed by atoms with Gasteiger partial charge >= 0.3 is 6.18 Å². The van der Waals surface area contributed by atoms with Crippen LogP contribution >= 0.6 is 34.7 Å². The molecule has 0 aliphatic carbocycles. The van der Waals surface area contributed by atoms with Gasteiger partial charge < -0.3 is 16.2 Å². The Morgan fingerprint density at radius 1 is 1.31 bits per heavy atom. The Morgan fingerprint density at radius 3 is 2.53 bits per heavy atom. The van der Waals surface area contributed by atoms with Crippen LogP contribution in [0.15, 0.2) is 52.4 Å². The second kappa shape index (κ2) is 9.15. The van der Waals surface area contributed by atoms with E-state index in [4.69, 9.17) is 17.3 Å². The Bertz CT molecular complexity index is 1120. The van der Waals surface area contributed by atoms with E-state index >= 15 is 0 Å². The SMILES string of the molecule is N#CC1=C(SCC(N)=O)N[C@@](O)(C(F)(F)F)[C@@H](C(=O)c2cccs2)[C@@H]1c1ccccc1Cl. The number of primary amides is 1. The summed E-state index contributed by atoms with van der Waals surface area (Å²) in [6, 6.07) is 10.5. The van der Waals surface area contributed by atoms with Crippen molar-refractivity contribution < 1.29 is 27.9 Å². The standard InChI is InChI=1S/C20H15ClF3N3O3S2/c21-12-5-2-1-4-10(12)15-11(8-25)18(32-9-14(26)28)27-19(30,20(22,23)24)16(15)17(29)13-6-3-7-31-13/h1-7,15-16,27,30H,9H2,(H2,26,28)/t15-,16-,19+/m1/s1. The quantitative estimate of drug-likeness (QED) is 0.518. The number of benzene rings is 1. The molecular weight excluding hydrogens is 487 g/mol. The van der Waals surface area contributed by atoms with Gasteiger partial charge in [0.1, 0.15) is 0 Å². The first-order valence-corrected chi connectivity index (χ1v) is 11.2. The van der Waals surface area contributed by atoms with Gasteiger partial charge in [0.15, 0.2) is 5.78 Å². The summed E-state index contributed by atoms with van der Waals surface area (Å²) in [5.74, 6) is -6.03. The van der Waals surface area contributed by atoms with Crippen molar-refractivity contribution in [2.24, 2.45) is 11.7 Å². The van der Waals surface area contributed by atoms with Gasteiger partial charge in [-0.1, -0.05) is 47.6 Å². The van der Waals surface area contributed by atoms with Crippen LogP contribution in [0.3, 0.4) is 0 Å². The molecule has 32 heavy (non-hydrogen) atoms. The molecule has 4 N–H and O–H groups in total. The van der Waals surface area contributed by atoms with Gasteiger partial charge in [-0.3, -0.25) is 9.59 Å². The zero-order valence-corrected chi connectivity index (χ0v) is 18.4. The van der Waals surface area contributed by atoms with E-state index in [0.29, 0.717) is 11.8 Å². The zero-order chi connectivity index (χ0) is 23.7. The number of alkyl halides is 3. The number of carbonyl (C=O) groups is 2. The highest BCUT2D eigenvalue weighted by Gasteiger charge is 2.66. The molecule has 6 nitrogen and oxygen atoms in total. The molecular formula is C20H15ClF3N3O3S2. The number of amides is 1. The highest BCUT2D eigenvalue weighted by molar-refractivity contribution is 8.03. The van der Waals surface area contributed by atoms with Crippen molar-refractivity contribution >= 4 is 46.4 Å². The maximum atomic E-state index is 14.3. The van der Waals surface area contributed by atoms with Gasteiger partial charge in [0.25, 0.3) is 0 Å². The summed E-state index contributed by atoms with van der Waals surface area (Å²) >= 11 is 7.69.